The van der Waals surface area contributed by atoms with E-state index >= 15 is 4.39 Å². The number of hydrogen-bond donors (Lipinski definition) is 2. The van der Waals surface area contributed by atoms with E-state index in [1.54, 1.807) is 6.07 Å². The van der Waals surface area contributed by atoms with Gasteiger partial charge in [-0.2, -0.15) is 0 Å². The van der Waals surface area contributed by atoms with Crippen molar-refractivity contribution in [1.82, 2.24) is 0 Å². The molecule has 0 atom stereocenters. The molecule has 1 fully saturated rings. The van der Waals surface area contributed by atoms with Crippen molar-refractivity contribution in [2.45, 2.75) is 52.0 Å². The molecule has 1 aliphatic carbocycles. The Kier molecular flexibility index (Phi) is 8.17. The molecule has 168 valence electrons. The van der Waals surface area contributed by atoms with Crippen molar-refractivity contribution < 1.29 is 13.6 Å². The number of amides is 2. The lowest BCUT2D eigenvalue weighted by atomic mass is 9.93. The van der Waals surface area contributed by atoms with Crippen LogP contribution >= 0.6 is 27.5 Å². The minimum atomic E-state index is -0.729. The lowest BCUT2D eigenvalue weighted by Crippen LogP contribution is -2.40. The van der Waals surface area contributed by atoms with E-state index in [-0.39, 0.29) is 26.9 Å². The number of carbonyl (C=O) groups excluding carboxylic acids is 1. The minimum Gasteiger partial charge on any atom is -0.367 e. The molecule has 0 unspecified atom stereocenters. The van der Waals surface area contributed by atoms with Gasteiger partial charge in [0.25, 0.3) is 0 Å². The highest BCUT2D eigenvalue weighted by Crippen LogP contribution is 2.37. The van der Waals surface area contributed by atoms with E-state index in [2.05, 4.69) is 45.3 Å². The Hall–Kier alpha value is -1.86. The van der Waals surface area contributed by atoms with Crippen LogP contribution in [0.5, 0.6) is 0 Å². The monoisotopic (exact) mass is 513 g/mol. The summed E-state index contributed by atoms with van der Waals surface area (Å²) in [6.07, 6.45) is 5.55. The summed E-state index contributed by atoms with van der Waals surface area (Å²) in [5, 5.41) is 5.26. The highest BCUT2D eigenvalue weighted by molar-refractivity contribution is 9.10. The molecule has 3 rings (SSSR count). The van der Waals surface area contributed by atoms with Crippen molar-refractivity contribution in [3.05, 3.63) is 51.5 Å². The summed E-state index contributed by atoms with van der Waals surface area (Å²) < 4.78 is 29.5. The van der Waals surface area contributed by atoms with Gasteiger partial charge in [-0.05, 0) is 65.0 Å². The number of benzene rings is 2. The summed E-state index contributed by atoms with van der Waals surface area (Å²) in [6.45, 7) is 4.98. The summed E-state index contributed by atoms with van der Waals surface area (Å²) >= 11 is 8.98. The van der Waals surface area contributed by atoms with Crippen LogP contribution in [0.15, 0.2) is 34.8 Å². The van der Waals surface area contributed by atoms with Gasteiger partial charge in [0.2, 0.25) is 0 Å². The maximum Gasteiger partial charge on any atom is 0.323 e. The normalized spacial score (nSPS) is 14.5. The molecule has 0 aromatic heterocycles. The van der Waals surface area contributed by atoms with Gasteiger partial charge in [0.1, 0.15) is 11.5 Å². The third kappa shape index (κ3) is 6.10. The highest BCUT2D eigenvalue weighted by atomic mass is 79.9. The van der Waals surface area contributed by atoms with Crippen LogP contribution in [0.4, 0.5) is 30.6 Å². The SMILES string of the molecule is CC(C)CN(c1ccc(Br)c(F)c1NC(=O)Nc1ccc(Cl)cc1F)C1CCCCC1. The molecule has 1 aliphatic rings. The predicted octanol–water partition coefficient (Wildman–Crippen LogP) is 7.82. The van der Waals surface area contributed by atoms with E-state index in [9.17, 15) is 9.18 Å². The second kappa shape index (κ2) is 10.6. The lowest BCUT2D eigenvalue weighted by Gasteiger charge is -2.38. The highest BCUT2D eigenvalue weighted by Gasteiger charge is 2.27. The van der Waals surface area contributed by atoms with Gasteiger partial charge in [0, 0.05) is 17.6 Å². The fourth-order valence-corrected chi connectivity index (χ4v) is 4.48. The van der Waals surface area contributed by atoms with E-state index in [1.807, 2.05) is 6.07 Å². The Morgan fingerprint density at radius 1 is 1.16 bits per heavy atom. The summed E-state index contributed by atoms with van der Waals surface area (Å²) in [5.74, 6) is -0.867. The van der Waals surface area contributed by atoms with Crippen molar-refractivity contribution in [3.8, 4) is 0 Å². The number of anilines is 3. The molecule has 0 radical (unpaired) electrons. The summed E-state index contributed by atoms with van der Waals surface area (Å²) in [7, 11) is 0. The first kappa shape index (κ1) is 23.8. The number of nitrogens with one attached hydrogen (secondary N) is 2. The van der Waals surface area contributed by atoms with Gasteiger partial charge in [-0.25, -0.2) is 13.6 Å². The molecule has 8 heteroatoms. The van der Waals surface area contributed by atoms with Gasteiger partial charge in [-0.3, -0.25) is 0 Å². The average molecular weight is 515 g/mol. The quantitative estimate of drug-likeness (QED) is 0.413. The van der Waals surface area contributed by atoms with Crippen molar-refractivity contribution in [3.63, 3.8) is 0 Å². The molecular weight excluding hydrogens is 488 g/mol. The molecule has 2 amide bonds. The van der Waals surface area contributed by atoms with Gasteiger partial charge >= 0.3 is 6.03 Å². The minimum absolute atomic E-state index is 0.0369. The summed E-state index contributed by atoms with van der Waals surface area (Å²) in [6, 6.07) is 6.98. The molecule has 1 saturated carbocycles. The van der Waals surface area contributed by atoms with Gasteiger partial charge in [0.15, 0.2) is 5.82 Å². The number of hydrogen-bond acceptors (Lipinski definition) is 2. The van der Waals surface area contributed by atoms with Crippen molar-refractivity contribution in [2.24, 2.45) is 5.92 Å². The van der Waals surface area contributed by atoms with Gasteiger partial charge in [-0.1, -0.05) is 44.7 Å². The van der Waals surface area contributed by atoms with Crippen LogP contribution in [0, 0.1) is 17.6 Å². The van der Waals surface area contributed by atoms with E-state index in [4.69, 9.17) is 11.6 Å². The van der Waals surface area contributed by atoms with E-state index < -0.39 is 17.7 Å². The zero-order valence-electron chi connectivity index (χ0n) is 17.7. The topological polar surface area (TPSA) is 44.4 Å². The smallest absolute Gasteiger partial charge is 0.323 e. The second-order valence-electron chi connectivity index (χ2n) is 8.30. The number of urea groups is 1. The average Bonchev–Trinajstić information content (AvgIpc) is 2.73. The molecule has 31 heavy (non-hydrogen) atoms. The van der Waals surface area contributed by atoms with E-state index in [0.29, 0.717) is 11.6 Å². The molecule has 2 aromatic rings. The van der Waals surface area contributed by atoms with Gasteiger partial charge in [0.05, 0.1) is 15.8 Å². The summed E-state index contributed by atoms with van der Waals surface area (Å²) in [4.78, 5) is 14.8. The first-order chi connectivity index (χ1) is 14.8. The van der Waals surface area contributed by atoms with E-state index in [1.165, 1.54) is 18.6 Å². The predicted molar refractivity (Wildman–Crippen MR) is 127 cm³/mol. The standard InChI is InChI=1S/C23H27BrClF2N3O/c1-14(2)13-30(16-6-4-3-5-7-16)20-11-9-17(24)21(27)22(20)29-23(31)28-19-10-8-15(25)12-18(19)26/h8-12,14,16H,3-7,13H2,1-2H3,(H2,28,29,31). The van der Waals surface area contributed by atoms with E-state index in [0.717, 1.165) is 38.3 Å². The maximum atomic E-state index is 15.2. The van der Waals surface area contributed by atoms with Crippen LogP contribution in [-0.2, 0) is 0 Å². The first-order valence-corrected chi connectivity index (χ1v) is 11.7. The lowest BCUT2D eigenvalue weighted by molar-refractivity contribution is 0.262. The molecule has 2 N–H and O–H groups in total. The maximum absolute atomic E-state index is 15.2. The fraction of sp³-hybridized carbons (Fsp3) is 0.435. The molecule has 0 spiro atoms. The number of nitrogens with zero attached hydrogens (tertiary/aromatic N) is 1. The molecule has 0 heterocycles. The molecule has 0 bridgehead atoms. The molecule has 0 aliphatic heterocycles. The first-order valence-electron chi connectivity index (χ1n) is 10.5. The van der Waals surface area contributed by atoms with Crippen LogP contribution in [0.25, 0.3) is 0 Å². The third-order valence-electron chi connectivity index (χ3n) is 5.38. The number of halogens is 4. The second-order valence-corrected chi connectivity index (χ2v) is 9.59. The van der Waals surface area contributed by atoms with Crippen LogP contribution in [0.1, 0.15) is 46.0 Å². The summed E-state index contributed by atoms with van der Waals surface area (Å²) in [5.41, 5.74) is 0.672. The zero-order chi connectivity index (χ0) is 22.5. The van der Waals surface area contributed by atoms with Crippen molar-refractivity contribution in [2.75, 3.05) is 22.1 Å². The van der Waals surface area contributed by atoms with Crippen LogP contribution in [-0.4, -0.2) is 18.6 Å². The van der Waals surface area contributed by atoms with Crippen LogP contribution in [0.2, 0.25) is 5.02 Å². The third-order valence-corrected chi connectivity index (χ3v) is 6.22. The molecule has 0 saturated heterocycles. The van der Waals surface area contributed by atoms with Crippen LogP contribution in [0.3, 0.4) is 0 Å². The number of carbonyl (C=O) groups is 1. The molecule has 2 aromatic carbocycles. The van der Waals surface area contributed by atoms with Crippen LogP contribution < -0.4 is 15.5 Å². The molecular formula is C23H27BrClF2N3O. The Morgan fingerprint density at radius 2 is 1.87 bits per heavy atom. The van der Waals surface area contributed by atoms with Crippen molar-refractivity contribution in [1.29, 1.82) is 0 Å². The van der Waals surface area contributed by atoms with Gasteiger partial charge < -0.3 is 15.5 Å². The Bertz CT molecular complexity index is 935. The van der Waals surface area contributed by atoms with Gasteiger partial charge in [-0.15, -0.1) is 0 Å². The zero-order valence-corrected chi connectivity index (χ0v) is 20.0. The van der Waals surface area contributed by atoms with Crippen molar-refractivity contribution >= 4 is 50.6 Å². The Labute approximate surface area is 195 Å². The number of rotatable bonds is 6. The molecule has 4 nitrogen and oxygen atoms in total. The Morgan fingerprint density at radius 3 is 2.52 bits per heavy atom. The fourth-order valence-electron chi connectivity index (χ4n) is 3.99. The Balaban J connectivity index is 1.91. The largest absolute Gasteiger partial charge is 0.367 e.